The van der Waals surface area contributed by atoms with Crippen LogP contribution >= 0.6 is 0 Å². The third-order valence-electron chi connectivity index (χ3n) is 8.48. The van der Waals surface area contributed by atoms with Crippen LogP contribution in [-0.4, -0.2) is 47.9 Å². The molecule has 1 aromatic carbocycles. The molecule has 6 rings (SSSR count). The maximum atomic E-state index is 14.9. The first-order valence-electron chi connectivity index (χ1n) is 12.5. The van der Waals surface area contributed by atoms with E-state index < -0.39 is 5.82 Å². The van der Waals surface area contributed by atoms with Crippen LogP contribution in [0.1, 0.15) is 75.6 Å². The minimum Gasteiger partial charge on any atom is -0.354 e. The van der Waals surface area contributed by atoms with E-state index in [2.05, 4.69) is 29.8 Å². The number of hydrogen-bond acceptors (Lipinski definition) is 3. The molecule has 0 spiro atoms. The number of benzene rings is 1. The number of anilines is 1. The third kappa shape index (κ3) is 4.39. The van der Waals surface area contributed by atoms with Gasteiger partial charge in [0.15, 0.2) is 0 Å². The zero-order valence-electron chi connectivity index (χ0n) is 20.1. The van der Waals surface area contributed by atoms with Gasteiger partial charge in [-0.15, -0.1) is 0 Å². The molecule has 4 aliphatic carbocycles. The Hall–Kier alpha value is -2.64. The summed E-state index contributed by atoms with van der Waals surface area (Å²) < 4.78 is 14.9. The molecular formula is C26H35FN4O3. The monoisotopic (exact) mass is 470 g/mol. The smallest absolute Gasteiger partial charge is 0.319 e. The third-order valence-corrected chi connectivity index (χ3v) is 8.48. The number of nitrogens with one attached hydrogen (secondary N) is 3. The molecule has 4 bridgehead atoms. The molecule has 5 aliphatic rings. The highest BCUT2D eigenvalue weighted by molar-refractivity contribution is 5.96. The summed E-state index contributed by atoms with van der Waals surface area (Å²) in [6.07, 6.45) is 8.88. The zero-order chi connectivity index (χ0) is 24.1. The lowest BCUT2D eigenvalue weighted by molar-refractivity contribution is -0.113. The van der Waals surface area contributed by atoms with Gasteiger partial charge >= 0.3 is 6.03 Å². The molecule has 184 valence electrons. The largest absolute Gasteiger partial charge is 0.354 e. The van der Waals surface area contributed by atoms with Crippen molar-refractivity contribution in [3.05, 3.63) is 29.6 Å². The number of halogens is 1. The first-order chi connectivity index (χ1) is 16.1. The number of piperidine rings is 1. The molecule has 5 atom stereocenters. The maximum Gasteiger partial charge on any atom is 0.319 e. The Bertz CT molecular complexity index is 996. The van der Waals surface area contributed by atoms with Crippen molar-refractivity contribution in [3.8, 4) is 0 Å². The van der Waals surface area contributed by atoms with Gasteiger partial charge < -0.3 is 20.9 Å². The van der Waals surface area contributed by atoms with Crippen LogP contribution in [0.15, 0.2) is 18.2 Å². The quantitative estimate of drug-likeness (QED) is 0.567. The minimum atomic E-state index is -0.634. The highest BCUT2D eigenvalue weighted by atomic mass is 19.1. The van der Waals surface area contributed by atoms with E-state index in [4.69, 9.17) is 0 Å². The second kappa shape index (κ2) is 8.24. The molecule has 1 aromatic rings. The number of carbonyl (C=O) groups excluding carboxylic acids is 3. The predicted octanol–water partition coefficient (Wildman–Crippen LogP) is 4.05. The van der Waals surface area contributed by atoms with Gasteiger partial charge in [0.1, 0.15) is 5.82 Å². The lowest BCUT2D eigenvalue weighted by Crippen LogP contribution is -2.65. The Kier molecular flexibility index (Phi) is 5.60. The van der Waals surface area contributed by atoms with E-state index in [0.717, 1.165) is 32.1 Å². The van der Waals surface area contributed by atoms with Gasteiger partial charge in [0.2, 0.25) is 6.41 Å². The van der Waals surface area contributed by atoms with Gasteiger partial charge in [-0.05, 0) is 86.3 Å². The molecule has 1 heterocycles. The Balaban J connectivity index is 1.24. The Morgan fingerprint density at radius 3 is 2.50 bits per heavy atom. The van der Waals surface area contributed by atoms with Gasteiger partial charge in [-0.25, -0.2) is 9.18 Å². The lowest BCUT2D eigenvalue weighted by atomic mass is 9.43. The van der Waals surface area contributed by atoms with Gasteiger partial charge in [-0.3, -0.25) is 9.59 Å². The highest BCUT2D eigenvalue weighted by Crippen LogP contribution is 2.66. The molecule has 1 aliphatic heterocycles. The van der Waals surface area contributed by atoms with E-state index in [1.807, 2.05) is 0 Å². The van der Waals surface area contributed by atoms with Crippen LogP contribution in [0, 0.1) is 22.6 Å². The maximum absolute atomic E-state index is 14.9. The Labute approximate surface area is 200 Å². The van der Waals surface area contributed by atoms with E-state index in [-0.39, 0.29) is 45.6 Å². The molecule has 4 saturated carbocycles. The van der Waals surface area contributed by atoms with Gasteiger partial charge in [0.25, 0.3) is 5.91 Å². The fourth-order valence-corrected chi connectivity index (χ4v) is 8.31. The number of nitrogens with zero attached hydrogens (tertiary/aromatic N) is 1. The van der Waals surface area contributed by atoms with Crippen molar-refractivity contribution in [3.63, 3.8) is 0 Å². The molecule has 2 unspecified atom stereocenters. The van der Waals surface area contributed by atoms with Gasteiger partial charge in [-0.2, -0.15) is 0 Å². The number of amides is 4. The second-order valence-electron chi connectivity index (χ2n) is 12.1. The summed E-state index contributed by atoms with van der Waals surface area (Å²) in [6.45, 7) is 5.67. The molecule has 8 heteroatoms. The van der Waals surface area contributed by atoms with Crippen molar-refractivity contribution in [1.29, 1.82) is 0 Å². The molecule has 0 aromatic heterocycles. The standard InChI is InChI=1S/C26H35FN4O3/c1-24-9-17-10-25(2,13-24)15-26(11-17,14-24)30-23(34)29-21-6-5-18(8-20(21)27)22(33)31-7-3-4-19(12-31)28-16-32/h5-6,8,16-17,19H,3-4,7,9-15H2,1-2H3,(H,28,32)(H2,29,30,34)/t17?,19-,24-,25+,26?/m0/s1. The van der Waals surface area contributed by atoms with Crippen molar-refractivity contribution in [1.82, 2.24) is 15.5 Å². The lowest BCUT2D eigenvalue weighted by Gasteiger charge is -2.65. The number of urea groups is 1. The average molecular weight is 471 g/mol. The molecule has 3 N–H and O–H groups in total. The van der Waals surface area contributed by atoms with E-state index in [1.165, 1.54) is 31.4 Å². The van der Waals surface area contributed by atoms with Crippen molar-refractivity contribution in [2.45, 2.75) is 76.8 Å². The van der Waals surface area contributed by atoms with Crippen molar-refractivity contribution < 1.29 is 18.8 Å². The first-order valence-corrected chi connectivity index (χ1v) is 12.5. The Morgan fingerprint density at radius 2 is 1.85 bits per heavy atom. The number of likely N-dealkylation sites (tertiary alicyclic amines) is 1. The van der Waals surface area contributed by atoms with Crippen LogP contribution in [0.3, 0.4) is 0 Å². The summed E-state index contributed by atoms with van der Waals surface area (Å²) in [5.41, 5.74) is 0.611. The normalized spacial score (nSPS) is 36.1. The number of hydrogen-bond donors (Lipinski definition) is 3. The van der Waals surface area contributed by atoms with E-state index in [1.54, 1.807) is 11.0 Å². The van der Waals surface area contributed by atoms with Gasteiger partial charge in [0, 0.05) is 30.2 Å². The van der Waals surface area contributed by atoms with Gasteiger partial charge in [-0.1, -0.05) is 13.8 Å². The summed E-state index contributed by atoms with van der Waals surface area (Å²) in [4.78, 5) is 38.1. The molecule has 0 radical (unpaired) electrons. The average Bonchev–Trinajstić information content (AvgIpc) is 2.72. The molecule has 4 amide bonds. The Morgan fingerprint density at radius 1 is 1.12 bits per heavy atom. The summed E-state index contributed by atoms with van der Waals surface area (Å²) in [5, 5.41) is 8.63. The molecule has 7 nitrogen and oxygen atoms in total. The van der Waals surface area contributed by atoms with Crippen molar-refractivity contribution in [2.75, 3.05) is 18.4 Å². The van der Waals surface area contributed by atoms with Crippen LogP contribution in [0.4, 0.5) is 14.9 Å². The fourth-order valence-electron chi connectivity index (χ4n) is 8.31. The highest BCUT2D eigenvalue weighted by Gasteiger charge is 2.60. The van der Waals surface area contributed by atoms with Crippen LogP contribution in [0.5, 0.6) is 0 Å². The summed E-state index contributed by atoms with van der Waals surface area (Å²) in [5.74, 6) is -0.267. The summed E-state index contributed by atoms with van der Waals surface area (Å²) in [6, 6.07) is 3.71. The molecule has 34 heavy (non-hydrogen) atoms. The van der Waals surface area contributed by atoms with Crippen LogP contribution in [0.2, 0.25) is 0 Å². The minimum absolute atomic E-state index is 0.0651. The molecular weight excluding hydrogens is 435 g/mol. The van der Waals surface area contributed by atoms with Gasteiger partial charge in [0.05, 0.1) is 5.69 Å². The topological polar surface area (TPSA) is 90.5 Å². The molecule has 1 saturated heterocycles. The van der Waals surface area contributed by atoms with Crippen LogP contribution in [0.25, 0.3) is 0 Å². The van der Waals surface area contributed by atoms with Crippen molar-refractivity contribution >= 4 is 24.0 Å². The number of rotatable bonds is 5. The van der Waals surface area contributed by atoms with Crippen LogP contribution in [-0.2, 0) is 4.79 Å². The van der Waals surface area contributed by atoms with Crippen LogP contribution < -0.4 is 16.0 Å². The second-order valence-corrected chi connectivity index (χ2v) is 12.1. The SMILES string of the molecule is C[C@]12CC3CC(NC(=O)Nc4ccc(C(=O)N5CCC[C@H](NC=O)C5)cc4F)(C1)C[C@@](C)(C3)C2. The van der Waals surface area contributed by atoms with E-state index in [0.29, 0.717) is 25.4 Å². The van der Waals surface area contributed by atoms with E-state index >= 15 is 0 Å². The first kappa shape index (κ1) is 23.1. The van der Waals surface area contributed by atoms with E-state index in [9.17, 15) is 18.8 Å². The zero-order valence-corrected chi connectivity index (χ0v) is 20.1. The molecule has 5 fully saturated rings. The summed E-state index contributed by atoms with van der Waals surface area (Å²) in [7, 11) is 0. The fraction of sp³-hybridized carbons (Fsp3) is 0.654. The summed E-state index contributed by atoms with van der Waals surface area (Å²) >= 11 is 0. The number of carbonyl (C=O) groups is 3. The van der Waals surface area contributed by atoms with Crippen molar-refractivity contribution in [2.24, 2.45) is 16.7 Å². The predicted molar refractivity (Wildman–Crippen MR) is 127 cm³/mol.